The van der Waals surface area contributed by atoms with E-state index in [2.05, 4.69) is 15.0 Å². The highest BCUT2D eigenvalue weighted by atomic mass is 35.5. The maximum Gasteiger partial charge on any atom is 0.357 e. The van der Waals surface area contributed by atoms with Gasteiger partial charge in [0.15, 0.2) is 0 Å². The molecule has 3 aromatic rings. The summed E-state index contributed by atoms with van der Waals surface area (Å²) in [7, 11) is 0. The molecule has 0 aliphatic carbocycles. The summed E-state index contributed by atoms with van der Waals surface area (Å²) < 4.78 is 41.0. The van der Waals surface area contributed by atoms with Crippen molar-refractivity contribution in [3.05, 3.63) is 88.7 Å². The summed E-state index contributed by atoms with van der Waals surface area (Å²) in [6, 6.07) is 5.79. The number of hydrogen-bond donors (Lipinski definition) is 0. The zero-order valence-corrected chi connectivity index (χ0v) is 18.6. The van der Waals surface area contributed by atoms with Crippen LogP contribution in [0.25, 0.3) is 0 Å². The molecule has 0 atom stereocenters. The Bertz CT molecular complexity index is 1010. The normalized spacial score (nSPS) is 9.70. The lowest BCUT2D eigenvalue weighted by Gasteiger charge is -2.06. The third-order valence-electron chi connectivity index (χ3n) is 3.14. The van der Waals surface area contributed by atoms with Crippen LogP contribution in [0.15, 0.2) is 55.0 Å². The van der Waals surface area contributed by atoms with E-state index in [0.29, 0.717) is 5.02 Å². The van der Waals surface area contributed by atoms with Gasteiger partial charge in [0.1, 0.15) is 28.7 Å². The van der Waals surface area contributed by atoms with Gasteiger partial charge in [-0.15, -0.1) is 0 Å². The molecule has 33 heavy (non-hydrogen) atoms. The third-order valence-corrected chi connectivity index (χ3v) is 3.55. The summed E-state index contributed by atoms with van der Waals surface area (Å²) in [5.41, 5.74) is -0.0393. The fourth-order valence-corrected chi connectivity index (χ4v) is 1.98. The second-order valence-corrected chi connectivity index (χ2v) is 6.87. The molecule has 0 aliphatic heterocycles. The maximum absolute atomic E-state index is 12.4. The van der Waals surface area contributed by atoms with Gasteiger partial charge in [0.25, 0.3) is 5.24 Å². The minimum Gasteiger partial charge on any atom is -0.458 e. The van der Waals surface area contributed by atoms with Gasteiger partial charge in [-0.25, -0.2) is 23.5 Å². The summed E-state index contributed by atoms with van der Waals surface area (Å²) in [5.74, 6) is -1.60. The number of carbonyl (C=O) groups is 3. The Morgan fingerprint density at radius 1 is 0.818 bits per heavy atom. The summed E-state index contributed by atoms with van der Waals surface area (Å²) in [4.78, 5) is 41.9. The molecular formula is C21H16Cl2F3N3O4. The molecule has 0 amide bonds. The van der Waals surface area contributed by atoms with Crippen molar-refractivity contribution in [1.82, 2.24) is 15.0 Å². The van der Waals surface area contributed by atoms with E-state index in [4.69, 9.17) is 27.9 Å². The minimum atomic E-state index is -1.65. The Kier molecular flexibility index (Phi) is 11.7. The van der Waals surface area contributed by atoms with Crippen LogP contribution in [0.5, 0.6) is 0 Å². The standard InChI is InChI=1S/C9H10FNO2.C6H3Cl2NO.C6H3F2NO/c1-6(2)13-9(12)8-4-3-7(10)5-11-8;2*7-4-1-2-5(6(8)10)9-3-4/h3-6H,1-2H3;2*1-3H. The molecule has 0 spiro atoms. The molecule has 3 aromatic heterocycles. The van der Waals surface area contributed by atoms with E-state index in [1.165, 1.54) is 24.4 Å². The number of aromatic nitrogens is 3. The van der Waals surface area contributed by atoms with Crippen LogP contribution >= 0.6 is 23.2 Å². The summed E-state index contributed by atoms with van der Waals surface area (Å²) in [6.45, 7) is 3.48. The molecule has 3 heterocycles. The number of halogens is 5. The van der Waals surface area contributed by atoms with Crippen LogP contribution in [0.4, 0.5) is 13.2 Å². The highest BCUT2D eigenvalue weighted by molar-refractivity contribution is 6.67. The van der Waals surface area contributed by atoms with Crippen LogP contribution in [0.3, 0.4) is 0 Å². The summed E-state index contributed by atoms with van der Waals surface area (Å²) in [5, 5.41) is -0.0849. The fourth-order valence-electron chi connectivity index (χ4n) is 1.76. The van der Waals surface area contributed by atoms with Crippen molar-refractivity contribution in [3.63, 3.8) is 0 Å². The van der Waals surface area contributed by atoms with Gasteiger partial charge in [-0.3, -0.25) is 14.6 Å². The molecular weight excluding hydrogens is 486 g/mol. The van der Waals surface area contributed by atoms with Gasteiger partial charge in [-0.1, -0.05) is 11.6 Å². The van der Waals surface area contributed by atoms with Gasteiger partial charge < -0.3 is 4.74 Å². The summed E-state index contributed by atoms with van der Waals surface area (Å²) in [6.07, 6.45) is 2.94. The molecule has 0 fully saturated rings. The first-order valence-electron chi connectivity index (χ1n) is 8.95. The predicted octanol–water partition coefficient (Wildman–Crippen LogP) is 5.23. The van der Waals surface area contributed by atoms with E-state index in [1.54, 1.807) is 19.9 Å². The highest BCUT2D eigenvalue weighted by Gasteiger charge is 2.10. The van der Waals surface area contributed by atoms with E-state index in [-0.39, 0.29) is 23.2 Å². The monoisotopic (exact) mass is 501 g/mol. The molecule has 0 N–H and O–H groups in total. The van der Waals surface area contributed by atoms with Gasteiger partial charge in [0.05, 0.1) is 23.5 Å². The molecule has 174 valence electrons. The molecule has 0 bridgehead atoms. The molecule has 0 saturated carbocycles. The lowest BCUT2D eigenvalue weighted by molar-refractivity contribution is 0.0370. The second kappa shape index (κ2) is 13.9. The number of hydrogen-bond acceptors (Lipinski definition) is 7. The second-order valence-electron chi connectivity index (χ2n) is 6.09. The Balaban J connectivity index is 0.000000251. The van der Waals surface area contributed by atoms with E-state index in [1.807, 2.05) is 0 Å². The van der Waals surface area contributed by atoms with Crippen LogP contribution in [0.2, 0.25) is 5.02 Å². The molecule has 0 radical (unpaired) electrons. The highest BCUT2D eigenvalue weighted by Crippen LogP contribution is 2.07. The number of ether oxygens (including phenoxy) is 1. The summed E-state index contributed by atoms with van der Waals surface area (Å²) >= 11 is 10.6. The average Bonchev–Trinajstić information content (AvgIpc) is 2.75. The predicted molar refractivity (Wildman–Crippen MR) is 114 cm³/mol. The first kappa shape index (κ1) is 27.7. The van der Waals surface area contributed by atoms with Gasteiger partial charge in [-0.2, -0.15) is 4.39 Å². The van der Waals surface area contributed by atoms with E-state index in [9.17, 15) is 27.6 Å². The van der Waals surface area contributed by atoms with E-state index in [0.717, 1.165) is 24.5 Å². The van der Waals surface area contributed by atoms with E-state index < -0.39 is 28.9 Å². The Hall–Kier alpha value is -3.37. The Labute approximate surface area is 196 Å². The number of rotatable bonds is 4. The quantitative estimate of drug-likeness (QED) is 0.356. The van der Waals surface area contributed by atoms with Crippen LogP contribution in [-0.4, -0.2) is 38.3 Å². The molecule has 0 unspecified atom stereocenters. The minimum absolute atomic E-state index is 0.120. The van der Waals surface area contributed by atoms with Gasteiger partial charge >= 0.3 is 12.0 Å². The lowest BCUT2D eigenvalue weighted by Crippen LogP contribution is -2.12. The van der Waals surface area contributed by atoms with Crippen molar-refractivity contribution in [2.45, 2.75) is 20.0 Å². The topological polar surface area (TPSA) is 99.1 Å². The number of carbonyl (C=O) groups excluding carboxylic acids is 3. The Morgan fingerprint density at radius 3 is 1.67 bits per heavy atom. The van der Waals surface area contributed by atoms with Crippen molar-refractivity contribution in [1.29, 1.82) is 0 Å². The molecule has 0 aliphatic rings. The zero-order chi connectivity index (χ0) is 25.0. The SMILES string of the molecule is CC(C)OC(=O)c1ccc(F)cn1.O=C(Cl)c1ccc(Cl)cn1.O=C(F)c1ccc(F)cn1. The van der Waals surface area contributed by atoms with Crippen molar-refractivity contribution in [2.24, 2.45) is 0 Å². The van der Waals surface area contributed by atoms with Crippen LogP contribution in [0.1, 0.15) is 45.3 Å². The van der Waals surface area contributed by atoms with Crippen LogP contribution in [0, 0.1) is 11.6 Å². The van der Waals surface area contributed by atoms with Crippen LogP contribution < -0.4 is 0 Å². The van der Waals surface area contributed by atoms with Gasteiger partial charge in [-0.05, 0) is 61.8 Å². The maximum atomic E-state index is 12.4. The van der Waals surface area contributed by atoms with Gasteiger partial charge in [0, 0.05) is 6.20 Å². The largest absolute Gasteiger partial charge is 0.458 e. The van der Waals surface area contributed by atoms with Crippen molar-refractivity contribution in [2.75, 3.05) is 0 Å². The lowest BCUT2D eigenvalue weighted by atomic mass is 10.3. The van der Waals surface area contributed by atoms with Crippen molar-refractivity contribution in [3.8, 4) is 0 Å². The van der Waals surface area contributed by atoms with Crippen molar-refractivity contribution < 1.29 is 32.3 Å². The average molecular weight is 502 g/mol. The molecule has 12 heteroatoms. The molecule has 0 aromatic carbocycles. The zero-order valence-electron chi connectivity index (χ0n) is 17.1. The number of pyridine rings is 3. The van der Waals surface area contributed by atoms with Gasteiger partial charge in [0.2, 0.25) is 0 Å². The van der Waals surface area contributed by atoms with Crippen molar-refractivity contribution >= 4 is 40.5 Å². The first-order chi connectivity index (χ1) is 15.5. The smallest absolute Gasteiger partial charge is 0.357 e. The molecule has 7 nitrogen and oxygen atoms in total. The third kappa shape index (κ3) is 11.2. The fraction of sp³-hybridized carbons (Fsp3) is 0.143. The Morgan fingerprint density at radius 2 is 1.30 bits per heavy atom. The van der Waals surface area contributed by atoms with Crippen LogP contribution in [-0.2, 0) is 4.74 Å². The number of nitrogens with zero attached hydrogens (tertiary/aromatic N) is 3. The first-order valence-corrected chi connectivity index (χ1v) is 9.70. The van der Waals surface area contributed by atoms with E-state index >= 15 is 0 Å². The molecule has 0 saturated heterocycles. The number of esters is 1. The molecule has 3 rings (SSSR count).